The Morgan fingerprint density at radius 3 is 2.49 bits per heavy atom. The van der Waals surface area contributed by atoms with Crippen molar-refractivity contribution < 1.29 is 5.84 Å². The lowest BCUT2D eigenvalue weighted by molar-refractivity contribution is -0.433. The van der Waals surface area contributed by atoms with Crippen LogP contribution in [0.3, 0.4) is 0 Å². The highest BCUT2D eigenvalue weighted by molar-refractivity contribution is 6.35. The molecule has 5 rings (SSSR count). The van der Waals surface area contributed by atoms with Gasteiger partial charge in [-0.1, -0.05) is 54.9 Å². The third-order valence-corrected chi connectivity index (χ3v) is 9.37. The van der Waals surface area contributed by atoms with Crippen LogP contribution < -0.4 is 27.2 Å². The van der Waals surface area contributed by atoms with Gasteiger partial charge in [0.05, 0.1) is 33.9 Å². The molecule has 2 aromatic carbocycles. The SMILES string of the molecule is CCC(Nc1c(C#N)cnc2c(Cl)cc(NC(C(=CNC3CCN(C(C)(C)C)CC3)N[NH3+])c3cccnc3C)cc12)c1ccccc1. The third kappa shape index (κ3) is 7.96. The van der Waals surface area contributed by atoms with E-state index in [0.29, 0.717) is 27.8 Å². The molecule has 1 aliphatic heterocycles. The number of halogens is 1. The number of rotatable bonds is 11. The van der Waals surface area contributed by atoms with E-state index in [0.717, 1.165) is 65.9 Å². The molecule has 7 N–H and O–H groups in total. The molecule has 47 heavy (non-hydrogen) atoms. The number of nitriles is 1. The lowest BCUT2D eigenvalue weighted by atomic mass is 9.98. The lowest BCUT2D eigenvalue weighted by Crippen LogP contribution is -2.65. The minimum absolute atomic E-state index is 0.00122. The summed E-state index contributed by atoms with van der Waals surface area (Å²) in [6, 6.07) is 20.6. The molecule has 0 amide bonds. The molecule has 4 aromatic rings. The Bertz CT molecular complexity index is 1740. The summed E-state index contributed by atoms with van der Waals surface area (Å²) in [7, 11) is 0. The maximum absolute atomic E-state index is 10.1. The molecular formula is C37H47ClN9+. The maximum atomic E-state index is 10.1. The number of aromatic nitrogens is 2. The summed E-state index contributed by atoms with van der Waals surface area (Å²) >= 11 is 6.91. The Hall–Kier alpha value is -4.36. The average molecular weight is 653 g/mol. The van der Waals surface area contributed by atoms with Crippen molar-refractivity contribution in [2.75, 3.05) is 23.7 Å². The van der Waals surface area contributed by atoms with Crippen molar-refractivity contribution in [1.29, 1.82) is 5.26 Å². The van der Waals surface area contributed by atoms with Crippen molar-refractivity contribution in [3.8, 4) is 6.07 Å². The summed E-state index contributed by atoms with van der Waals surface area (Å²) in [4.78, 5) is 11.7. The lowest BCUT2D eigenvalue weighted by Gasteiger charge is -2.41. The second kappa shape index (κ2) is 15.0. The van der Waals surface area contributed by atoms with E-state index in [9.17, 15) is 5.26 Å². The first-order chi connectivity index (χ1) is 22.6. The number of piperidine rings is 1. The molecule has 0 spiro atoms. The summed E-state index contributed by atoms with van der Waals surface area (Å²) in [5.74, 6) is 4.08. The van der Waals surface area contributed by atoms with E-state index < -0.39 is 0 Å². The third-order valence-electron chi connectivity index (χ3n) is 9.08. The maximum Gasteiger partial charge on any atom is 0.105 e. The van der Waals surface area contributed by atoms with Gasteiger partial charge in [0.25, 0.3) is 0 Å². The number of pyridine rings is 2. The molecule has 1 fully saturated rings. The van der Waals surface area contributed by atoms with Gasteiger partial charge in [-0.15, -0.1) is 0 Å². The second-order valence-electron chi connectivity index (χ2n) is 13.2. The standard InChI is InChI=1S/C37H46ClN9/c1-6-32(25-11-8-7-9-12-25)45-34-26(21-39)22-43-35-30(34)19-28(20-31(35)38)44-36(29-13-10-16-41-24(29)2)33(46-40)23-42-27-14-17-47(18-15-27)37(3,4)5/h7-13,16,19-20,22-23,27,32,36,42,44,46H,6,14-15,17-18,40H2,1-5H3,(H,43,45)/p+1. The quantitative estimate of drug-likeness (QED) is 0.114. The second-order valence-corrected chi connectivity index (χ2v) is 13.6. The molecule has 9 nitrogen and oxygen atoms in total. The molecule has 0 aliphatic carbocycles. The molecule has 2 atom stereocenters. The van der Waals surface area contributed by atoms with Crippen LogP contribution in [-0.4, -0.2) is 39.5 Å². The molecule has 0 bridgehead atoms. The van der Waals surface area contributed by atoms with E-state index in [-0.39, 0.29) is 17.6 Å². The highest BCUT2D eigenvalue weighted by Crippen LogP contribution is 2.37. The zero-order valence-corrected chi connectivity index (χ0v) is 28.8. The topological polar surface area (TPSA) is 129 Å². The van der Waals surface area contributed by atoms with E-state index in [1.165, 1.54) is 0 Å². The Balaban J connectivity index is 1.50. The van der Waals surface area contributed by atoms with Crippen LogP contribution in [0.1, 0.15) is 81.4 Å². The molecule has 3 heterocycles. The minimum atomic E-state index is -0.312. The summed E-state index contributed by atoms with van der Waals surface area (Å²) in [5.41, 5.74) is 9.88. The van der Waals surface area contributed by atoms with Crippen molar-refractivity contribution in [3.63, 3.8) is 0 Å². The Morgan fingerprint density at radius 2 is 1.85 bits per heavy atom. The van der Waals surface area contributed by atoms with Crippen LogP contribution in [0, 0.1) is 18.3 Å². The first-order valence-electron chi connectivity index (χ1n) is 16.4. The Kier molecular flexibility index (Phi) is 10.9. The van der Waals surface area contributed by atoms with Crippen LogP contribution in [0.2, 0.25) is 5.02 Å². The molecule has 1 saturated heterocycles. The van der Waals surface area contributed by atoms with E-state index in [1.54, 1.807) is 12.4 Å². The van der Waals surface area contributed by atoms with E-state index in [2.05, 4.69) is 94.0 Å². The van der Waals surface area contributed by atoms with Gasteiger partial charge in [-0.3, -0.25) is 20.7 Å². The van der Waals surface area contributed by atoms with E-state index in [4.69, 9.17) is 11.6 Å². The number of likely N-dealkylation sites (tertiary alicyclic amines) is 1. The zero-order valence-electron chi connectivity index (χ0n) is 28.1. The first kappa shape index (κ1) is 34.0. The number of fused-ring (bicyclic) bond motifs is 1. The summed E-state index contributed by atoms with van der Waals surface area (Å²) in [6.45, 7) is 13.1. The van der Waals surface area contributed by atoms with Crippen LogP contribution in [0.25, 0.3) is 10.9 Å². The van der Waals surface area contributed by atoms with Gasteiger partial charge < -0.3 is 16.0 Å². The number of aryl methyl sites for hydroxylation is 1. The number of anilines is 2. The largest absolute Gasteiger partial charge is 0.386 e. The summed E-state index contributed by atoms with van der Waals surface area (Å²) in [6.07, 6.45) is 8.40. The Labute approximate surface area is 283 Å². The monoisotopic (exact) mass is 652 g/mol. The van der Waals surface area contributed by atoms with Crippen molar-refractivity contribution in [3.05, 3.63) is 106 Å². The summed E-state index contributed by atoms with van der Waals surface area (Å²) in [5, 5.41) is 22.4. The molecule has 0 radical (unpaired) electrons. The fourth-order valence-corrected chi connectivity index (χ4v) is 6.58. The number of hydrogen-bond donors (Lipinski definition) is 5. The average Bonchev–Trinajstić information content (AvgIpc) is 3.07. The van der Waals surface area contributed by atoms with Gasteiger partial charge >= 0.3 is 0 Å². The van der Waals surface area contributed by atoms with Crippen molar-refractivity contribution in [2.45, 2.75) is 77.5 Å². The highest BCUT2D eigenvalue weighted by Gasteiger charge is 2.27. The van der Waals surface area contributed by atoms with Gasteiger partial charge in [0.2, 0.25) is 0 Å². The van der Waals surface area contributed by atoms with Gasteiger partial charge in [-0.05, 0) is 70.7 Å². The normalized spacial score (nSPS) is 15.9. The van der Waals surface area contributed by atoms with Crippen LogP contribution in [0.15, 0.2) is 78.9 Å². The fourth-order valence-electron chi connectivity index (χ4n) is 6.32. The smallest absolute Gasteiger partial charge is 0.105 e. The number of nitrogens with zero attached hydrogens (tertiary/aromatic N) is 4. The summed E-state index contributed by atoms with van der Waals surface area (Å²) < 4.78 is 0. The molecular weight excluding hydrogens is 606 g/mol. The zero-order chi connectivity index (χ0) is 33.6. The number of hydrogen-bond acceptors (Lipinski definition) is 8. The van der Waals surface area contributed by atoms with Gasteiger partial charge in [0.15, 0.2) is 0 Å². The number of nitrogens with one attached hydrogen (secondary N) is 4. The molecule has 10 heteroatoms. The van der Waals surface area contributed by atoms with E-state index >= 15 is 0 Å². The molecule has 2 aromatic heterocycles. The van der Waals surface area contributed by atoms with Crippen molar-refractivity contribution in [2.24, 2.45) is 0 Å². The molecule has 0 saturated carbocycles. The van der Waals surface area contributed by atoms with Gasteiger partial charge in [-0.25, -0.2) is 5.43 Å². The van der Waals surface area contributed by atoms with Crippen LogP contribution in [-0.2, 0) is 0 Å². The predicted octanol–water partition coefficient (Wildman–Crippen LogP) is 6.62. The molecule has 1 aliphatic rings. The predicted molar refractivity (Wildman–Crippen MR) is 191 cm³/mol. The van der Waals surface area contributed by atoms with Crippen LogP contribution in [0.4, 0.5) is 11.4 Å². The van der Waals surface area contributed by atoms with Gasteiger partial charge in [0.1, 0.15) is 11.8 Å². The number of quaternary nitrogens is 1. The molecule has 2 unspecified atom stereocenters. The van der Waals surface area contributed by atoms with Gasteiger partial charge in [0, 0.05) is 65.6 Å². The number of benzene rings is 2. The first-order valence-corrected chi connectivity index (χ1v) is 16.8. The van der Waals surface area contributed by atoms with E-state index in [1.807, 2.05) is 49.5 Å². The minimum Gasteiger partial charge on any atom is -0.386 e. The van der Waals surface area contributed by atoms with Crippen molar-refractivity contribution in [1.82, 2.24) is 25.6 Å². The fraction of sp³-hybridized carbons (Fsp3) is 0.378. The van der Waals surface area contributed by atoms with Crippen molar-refractivity contribution >= 4 is 33.9 Å². The van der Waals surface area contributed by atoms with Gasteiger partial charge in [-0.2, -0.15) is 5.26 Å². The molecule has 246 valence electrons. The highest BCUT2D eigenvalue weighted by atomic mass is 35.5. The Morgan fingerprint density at radius 1 is 1.11 bits per heavy atom. The van der Waals surface area contributed by atoms with Crippen LogP contribution >= 0.6 is 11.6 Å². The van der Waals surface area contributed by atoms with Crippen LogP contribution in [0.5, 0.6) is 0 Å².